The summed E-state index contributed by atoms with van der Waals surface area (Å²) < 4.78 is 0. The topological polar surface area (TPSA) is 0 Å². The van der Waals surface area contributed by atoms with Gasteiger partial charge in [-0.05, 0) is 17.4 Å². The first-order valence-electron chi connectivity index (χ1n) is 6.15. The molecular formula is C17H15SY+2. The van der Waals surface area contributed by atoms with Gasteiger partial charge in [0.1, 0.15) is 0 Å². The molecule has 2 aromatic carbocycles. The molecule has 90 valence electrons. The predicted octanol–water partition coefficient (Wildman–Crippen LogP) is 5.22. The van der Waals surface area contributed by atoms with Gasteiger partial charge in [-0.2, -0.15) is 23.4 Å². The zero-order valence-corrected chi connectivity index (χ0v) is 14.8. The van der Waals surface area contributed by atoms with Crippen LogP contribution in [-0.4, -0.2) is 0 Å². The molecule has 2 aromatic rings. The minimum absolute atomic E-state index is 0. The Kier molecular flexibility index (Phi) is 4.94. The number of hydrogen-bond acceptors (Lipinski definition) is 1. The Hall–Kier alpha value is -0.496. The number of rotatable bonds is 1. The van der Waals surface area contributed by atoms with Crippen LogP contribution in [0.2, 0.25) is 0 Å². The van der Waals surface area contributed by atoms with Crippen molar-refractivity contribution in [2.45, 2.75) is 13.8 Å². The number of fused-ring (bicyclic) bond motifs is 1. The third-order valence-electron chi connectivity index (χ3n) is 3.34. The Balaban J connectivity index is 0.00000133. The van der Waals surface area contributed by atoms with E-state index in [-0.39, 0.29) is 32.7 Å². The summed E-state index contributed by atoms with van der Waals surface area (Å²) >= 11 is 1.89. The maximum absolute atomic E-state index is 2.22. The van der Waals surface area contributed by atoms with Gasteiger partial charge >= 0.3 is 32.7 Å². The summed E-state index contributed by atoms with van der Waals surface area (Å²) in [6.45, 7) is 4.43. The fraction of sp³-hybridized carbons (Fsp3) is 0.118. The Bertz CT molecular complexity index is 602. The van der Waals surface area contributed by atoms with Crippen molar-refractivity contribution in [1.82, 2.24) is 0 Å². The van der Waals surface area contributed by atoms with Gasteiger partial charge in [-0.3, -0.25) is 0 Å². The summed E-state index contributed by atoms with van der Waals surface area (Å²) in [6, 6.07) is 19.3. The van der Waals surface area contributed by atoms with Gasteiger partial charge in [-0.1, -0.05) is 48.9 Å². The van der Waals surface area contributed by atoms with Crippen LogP contribution in [0.4, 0.5) is 0 Å². The monoisotopic (exact) mass is 340 g/mol. The van der Waals surface area contributed by atoms with Crippen molar-refractivity contribution in [3.8, 4) is 0 Å². The quantitative estimate of drug-likeness (QED) is 0.642. The molecule has 0 fully saturated rings. The van der Waals surface area contributed by atoms with Gasteiger partial charge in [0.25, 0.3) is 0 Å². The Labute approximate surface area is 144 Å². The third-order valence-corrected chi connectivity index (χ3v) is 4.61. The number of thioether (sulfide) groups is 1. The van der Waals surface area contributed by atoms with E-state index in [9.17, 15) is 0 Å². The summed E-state index contributed by atoms with van der Waals surface area (Å²) in [5.74, 6) is 0. The minimum Gasteiger partial charge on any atom is -0.171 e. The van der Waals surface area contributed by atoms with Crippen LogP contribution in [0.25, 0.3) is 10.5 Å². The average molecular weight is 340 g/mol. The van der Waals surface area contributed by atoms with E-state index in [2.05, 4.69) is 68.4 Å². The summed E-state index contributed by atoms with van der Waals surface area (Å²) in [4.78, 5) is 1.38. The maximum atomic E-state index is 2.22. The summed E-state index contributed by atoms with van der Waals surface area (Å²) in [5.41, 5.74) is 5.44. The first kappa shape index (κ1) is 14.9. The molecule has 0 spiro atoms. The molecule has 0 aromatic heterocycles. The van der Waals surface area contributed by atoms with E-state index in [0.29, 0.717) is 0 Å². The van der Waals surface area contributed by atoms with Crippen molar-refractivity contribution in [2.75, 3.05) is 0 Å². The van der Waals surface area contributed by atoms with Crippen LogP contribution in [0.1, 0.15) is 30.5 Å². The van der Waals surface area contributed by atoms with E-state index in [1.807, 2.05) is 11.8 Å². The number of benzene rings is 2. The van der Waals surface area contributed by atoms with E-state index in [1.54, 1.807) is 0 Å². The second-order valence-electron chi connectivity index (χ2n) is 4.52. The van der Waals surface area contributed by atoms with Gasteiger partial charge in [-0.25, -0.2) is 0 Å². The molecule has 0 aliphatic carbocycles. The molecule has 0 bridgehead atoms. The molecule has 0 unspecified atom stereocenters. The van der Waals surface area contributed by atoms with Gasteiger partial charge in [0.2, 0.25) is 0 Å². The molecule has 3 rings (SSSR count). The van der Waals surface area contributed by atoms with Crippen LogP contribution in [0.5, 0.6) is 0 Å². The zero-order chi connectivity index (χ0) is 12.5. The molecule has 19 heavy (non-hydrogen) atoms. The van der Waals surface area contributed by atoms with E-state index >= 15 is 0 Å². The van der Waals surface area contributed by atoms with E-state index in [1.165, 1.54) is 32.4 Å². The van der Waals surface area contributed by atoms with Crippen LogP contribution in [0, 0.1) is 5.25 Å². The van der Waals surface area contributed by atoms with Crippen molar-refractivity contribution in [1.29, 1.82) is 0 Å². The van der Waals surface area contributed by atoms with E-state index in [0.717, 1.165) is 0 Å². The molecule has 0 N–H and O–H groups in total. The fourth-order valence-electron chi connectivity index (χ4n) is 2.39. The molecule has 1 heterocycles. The van der Waals surface area contributed by atoms with Gasteiger partial charge in [0.05, 0.1) is 0 Å². The molecule has 1 aliphatic heterocycles. The van der Waals surface area contributed by atoms with Crippen LogP contribution >= 0.6 is 11.8 Å². The second-order valence-corrected chi connectivity index (χ2v) is 5.75. The Morgan fingerprint density at radius 1 is 0.895 bits per heavy atom. The molecule has 0 saturated heterocycles. The summed E-state index contributed by atoms with van der Waals surface area (Å²) in [5, 5.41) is 1.38. The first-order chi connectivity index (χ1) is 8.77. The molecule has 0 saturated carbocycles. The van der Waals surface area contributed by atoms with Crippen molar-refractivity contribution >= 4 is 22.2 Å². The van der Waals surface area contributed by atoms with Gasteiger partial charge in [-0.15, -0.1) is 22.9 Å². The number of hydrogen-bond donors (Lipinski definition) is 0. The largest absolute Gasteiger partial charge is 3.00 e. The van der Waals surface area contributed by atoms with Crippen LogP contribution in [-0.2, 0) is 32.7 Å². The standard InChI is InChI=1S/C17H15S.Y/c1-12-15-10-6-7-11-16(15)13(2)18-17(12)14-8-4-3-5-9-14;/h3-11H,1-2H3;/q-1;+3. The van der Waals surface area contributed by atoms with Gasteiger partial charge in [0, 0.05) is 0 Å². The number of allylic oxidation sites excluding steroid dienone is 1. The summed E-state index contributed by atoms with van der Waals surface area (Å²) in [6.07, 6.45) is 0. The minimum atomic E-state index is 0. The average Bonchev–Trinajstić information content (AvgIpc) is 2.44. The molecule has 0 atom stereocenters. The molecule has 2 heteroatoms. The molecule has 0 radical (unpaired) electrons. The first-order valence-corrected chi connectivity index (χ1v) is 6.96. The molecule has 0 nitrogen and oxygen atoms in total. The maximum Gasteiger partial charge on any atom is 3.00 e. The predicted molar refractivity (Wildman–Crippen MR) is 81.0 cm³/mol. The van der Waals surface area contributed by atoms with Crippen molar-refractivity contribution in [2.24, 2.45) is 0 Å². The van der Waals surface area contributed by atoms with Crippen LogP contribution < -0.4 is 0 Å². The molecule has 0 amide bonds. The van der Waals surface area contributed by atoms with Crippen molar-refractivity contribution in [3.63, 3.8) is 0 Å². The van der Waals surface area contributed by atoms with Crippen LogP contribution in [0.3, 0.4) is 0 Å². The second kappa shape index (κ2) is 6.30. The SMILES string of the molecule is CC1=C(c2ccccc2)S[C-](C)c2ccccc21.[Y+3]. The Morgan fingerprint density at radius 3 is 2.26 bits per heavy atom. The molecular weight excluding hydrogens is 325 g/mol. The zero-order valence-electron chi connectivity index (χ0n) is 11.2. The van der Waals surface area contributed by atoms with Crippen molar-refractivity contribution < 1.29 is 32.7 Å². The van der Waals surface area contributed by atoms with E-state index in [4.69, 9.17) is 0 Å². The van der Waals surface area contributed by atoms with Gasteiger partial charge < -0.3 is 0 Å². The van der Waals surface area contributed by atoms with Crippen LogP contribution in [0.15, 0.2) is 54.6 Å². The normalized spacial score (nSPS) is 13.9. The van der Waals surface area contributed by atoms with E-state index < -0.39 is 0 Å². The smallest absolute Gasteiger partial charge is 0.171 e. The van der Waals surface area contributed by atoms with Crippen molar-refractivity contribution in [3.05, 3.63) is 76.5 Å². The molecule has 1 aliphatic rings. The Morgan fingerprint density at radius 2 is 1.53 bits per heavy atom. The third kappa shape index (κ3) is 2.84. The fourth-order valence-corrected chi connectivity index (χ4v) is 3.50. The van der Waals surface area contributed by atoms with Gasteiger partial charge in [0.15, 0.2) is 0 Å². The summed E-state index contributed by atoms with van der Waals surface area (Å²) in [7, 11) is 0.